The summed E-state index contributed by atoms with van der Waals surface area (Å²) in [4.78, 5) is 25.3. The Labute approximate surface area is 121 Å². The lowest BCUT2D eigenvalue weighted by Crippen LogP contribution is -2.33. The highest BCUT2D eigenvalue weighted by Crippen LogP contribution is 2.33. The fraction of sp³-hybridized carbons (Fsp3) is 0.357. The van der Waals surface area contributed by atoms with Gasteiger partial charge in [-0.1, -0.05) is 26.1 Å². The summed E-state index contributed by atoms with van der Waals surface area (Å²) in [5.41, 5.74) is 5.79. The molecular weight excluding hydrogens is 279 g/mol. The van der Waals surface area contributed by atoms with E-state index in [4.69, 9.17) is 18.0 Å². The Morgan fingerprint density at radius 3 is 2.60 bits per heavy atom. The van der Waals surface area contributed by atoms with Crippen molar-refractivity contribution in [1.29, 1.82) is 0 Å². The zero-order valence-electron chi connectivity index (χ0n) is 11.3. The van der Waals surface area contributed by atoms with Crippen LogP contribution in [0.3, 0.4) is 0 Å². The smallest absolute Gasteiger partial charge is 0.235 e. The number of carbonyl (C=O) groups is 2. The summed E-state index contributed by atoms with van der Waals surface area (Å²) in [5, 5.41) is 0. The molecule has 1 aliphatic rings. The van der Waals surface area contributed by atoms with Gasteiger partial charge in [0, 0.05) is 12.0 Å². The van der Waals surface area contributed by atoms with E-state index < -0.39 is 11.2 Å². The van der Waals surface area contributed by atoms with Crippen molar-refractivity contribution in [3.05, 3.63) is 35.1 Å². The Bertz CT molecular complexity index is 613. The van der Waals surface area contributed by atoms with E-state index in [1.807, 2.05) is 0 Å². The molecule has 0 saturated carbocycles. The number of nitrogens with two attached hydrogens (primary N) is 1. The number of thiocarbonyl (C=S) groups is 1. The minimum Gasteiger partial charge on any atom is -0.389 e. The maximum atomic E-state index is 13.4. The van der Waals surface area contributed by atoms with Crippen molar-refractivity contribution >= 4 is 29.0 Å². The number of hydrogen-bond donors (Lipinski definition) is 1. The molecule has 0 spiro atoms. The maximum absolute atomic E-state index is 13.4. The number of rotatable bonds is 3. The van der Waals surface area contributed by atoms with Gasteiger partial charge in [-0.25, -0.2) is 4.39 Å². The summed E-state index contributed by atoms with van der Waals surface area (Å²) in [7, 11) is 0. The zero-order valence-corrected chi connectivity index (χ0v) is 12.1. The molecule has 0 radical (unpaired) electrons. The third kappa shape index (κ3) is 2.56. The number of nitrogens with zero attached hydrogens (tertiary/aromatic N) is 1. The number of hydrogen-bond acceptors (Lipinski definition) is 3. The van der Waals surface area contributed by atoms with Crippen LogP contribution in [0.4, 0.5) is 4.39 Å². The van der Waals surface area contributed by atoms with Gasteiger partial charge in [0.1, 0.15) is 10.8 Å². The fourth-order valence-electron chi connectivity index (χ4n) is 2.29. The van der Waals surface area contributed by atoms with Crippen molar-refractivity contribution in [3.8, 4) is 0 Å². The molecule has 1 heterocycles. The molecule has 2 rings (SSSR count). The Morgan fingerprint density at radius 2 is 2.10 bits per heavy atom. The van der Waals surface area contributed by atoms with Crippen LogP contribution in [0.15, 0.2) is 18.2 Å². The molecule has 6 heteroatoms. The van der Waals surface area contributed by atoms with Gasteiger partial charge >= 0.3 is 0 Å². The van der Waals surface area contributed by atoms with E-state index in [0.717, 1.165) is 4.90 Å². The van der Waals surface area contributed by atoms with Crippen molar-refractivity contribution in [2.45, 2.75) is 26.8 Å². The molecule has 1 saturated heterocycles. The third-order valence-corrected chi connectivity index (χ3v) is 3.60. The first-order chi connectivity index (χ1) is 9.22. The second-order valence-electron chi connectivity index (χ2n) is 5.51. The van der Waals surface area contributed by atoms with Crippen LogP contribution in [-0.2, 0) is 16.1 Å². The van der Waals surface area contributed by atoms with Gasteiger partial charge in [0.15, 0.2) is 0 Å². The quantitative estimate of drug-likeness (QED) is 0.681. The minimum atomic E-state index is -0.714. The minimum absolute atomic E-state index is 0.00840. The van der Waals surface area contributed by atoms with Gasteiger partial charge in [-0.3, -0.25) is 14.5 Å². The van der Waals surface area contributed by atoms with E-state index in [1.165, 1.54) is 18.2 Å². The SMILES string of the molecule is CC1(C)CC(=O)N(Cc2cc(F)ccc2C(N)=S)C1=O. The summed E-state index contributed by atoms with van der Waals surface area (Å²) in [6.45, 7) is 3.42. The predicted molar refractivity (Wildman–Crippen MR) is 76.2 cm³/mol. The van der Waals surface area contributed by atoms with E-state index in [-0.39, 0.29) is 29.8 Å². The largest absolute Gasteiger partial charge is 0.389 e. The fourth-order valence-corrected chi connectivity index (χ4v) is 2.49. The Morgan fingerprint density at radius 1 is 1.45 bits per heavy atom. The first-order valence-corrected chi connectivity index (χ1v) is 6.56. The van der Waals surface area contributed by atoms with Crippen molar-refractivity contribution in [3.63, 3.8) is 0 Å². The van der Waals surface area contributed by atoms with Crippen LogP contribution in [0.5, 0.6) is 0 Å². The molecule has 0 atom stereocenters. The van der Waals surface area contributed by atoms with Crippen molar-refractivity contribution in [1.82, 2.24) is 4.90 Å². The van der Waals surface area contributed by atoms with Gasteiger partial charge in [0.2, 0.25) is 11.8 Å². The van der Waals surface area contributed by atoms with Gasteiger partial charge < -0.3 is 5.73 Å². The first kappa shape index (κ1) is 14.6. The average Bonchev–Trinajstić information content (AvgIpc) is 2.51. The number of amides is 2. The molecule has 2 amide bonds. The highest BCUT2D eigenvalue weighted by atomic mass is 32.1. The van der Waals surface area contributed by atoms with E-state index in [9.17, 15) is 14.0 Å². The van der Waals surface area contributed by atoms with Crippen LogP contribution >= 0.6 is 12.2 Å². The number of carbonyl (C=O) groups excluding carboxylic acids is 2. The topological polar surface area (TPSA) is 63.4 Å². The molecule has 4 nitrogen and oxygen atoms in total. The van der Waals surface area contributed by atoms with Gasteiger partial charge in [-0.2, -0.15) is 0 Å². The summed E-state index contributed by atoms with van der Waals surface area (Å²) < 4.78 is 13.4. The van der Waals surface area contributed by atoms with E-state index in [1.54, 1.807) is 13.8 Å². The van der Waals surface area contributed by atoms with Crippen molar-refractivity contribution < 1.29 is 14.0 Å². The highest BCUT2D eigenvalue weighted by molar-refractivity contribution is 7.80. The molecule has 106 valence electrons. The van der Waals surface area contributed by atoms with Crippen LogP contribution in [0.25, 0.3) is 0 Å². The summed E-state index contributed by atoms with van der Waals surface area (Å²) in [6, 6.07) is 3.96. The Kier molecular flexibility index (Phi) is 3.60. The maximum Gasteiger partial charge on any atom is 0.235 e. The molecule has 0 aliphatic carbocycles. The van der Waals surface area contributed by atoms with Gasteiger partial charge in [-0.15, -0.1) is 0 Å². The zero-order chi connectivity index (χ0) is 15.1. The number of benzene rings is 1. The third-order valence-electron chi connectivity index (χ3n) is 3.38. The van der Waals surface area contributed by atoms with E-state index in [2.05, 4.69) is 0 Å². The molecule has 0 bridgehead atoms. The van der Waals surface area contributed by atoms with Crippen LogP contribution in [0.1, 0.15) is 31.4 Å². The molecule has 1 aromatic carbocycles. The first-order valence-electron chi connectivity index (χ1n) is 6.15. The molecule has 1 fully saturated rings. The Hall–Kier alpha value is -1.82. The van der Waals surface area contributed by atoms with Crippen LogP contribution in [0, 0.1) is 11.2 Å². The van der Waals surface area contributed by atoms with Gasteiger partial charge in [0.25, 0.3) is 0 Å². The molecule has 0 aromatic heterocycles. The number of halogens is 1. The summed E-state index contributed by atoms with van der Waals surface area (Å²) in [5.74, 6) is -0.989. The standard InChI is InChI=1S/C14H15FN2O2S/c1-14(2)6-11(18)17(13(14)19)7-8-5-9(15)3-4-10(8)12(16)20/h3-5H,6-7H2,1-2H3,(H2,16,20). The molecule has 1 aromatic rings. The monoisotopic (exact) mass is 294 g/mol. The Balaban J connectivity index is 2.35. The van der Waals surface area contributed by atoms with Gasteiger partial charge in [0.05, 0.1) is 12.0 Å². The lowest BCUT2D eigenvalue weighted by molar-refractivity contribution is -0.141. The average molecular weight is 294 g/mol. The molecule has 0 unspecified atom stereocenters. The van der Waals surface area contributed by atoms with Crippen LogP contribution < -0.4 is 5.73 Å². The van der Waals surface area contributed by atoms with E-state index in [0.29, 0.717) is 11.1 Å². The second-order valence-corrected chi connectivity index (χ2v) is 5.95. The van der Waals surface area contributed by atoms with Gasteiger partial charge in [-0.05, 0) is 23.8 Å². The molecular formula is C14H15FN2O2S. The molecule has 1 aliphatic heterocycles. The van der Waals surface area contributed by atoms with E-state index >= 15 is 0 Å². The van der Waals surface area contributed by atoms with Crippen molar-refractivity contribution in [2.24, 2.45) is 11.1 Å². The highest BCUT2D eigenvalue weighted by Gasteiger charge is 2.44. The summed E-state index contributed by atoms with van der Waals surface area (Å²) >= 11 is 4.90. The second kappa shape index (κ2) is 4.94. The normalized spacial score (nSPS) is 17.6. The summed E-state index contributed by atoms with van der Waals surface area (Å²) in [6.07, 6.45) is 0.156. The molecule has 2 N–H and O–H groups in total. The lowest BCUT2D eigenvalue weighted by Gasteiger charge is -2.19. The predicted octanol–water partition coefficient (Wildman–Crippen LogP) is 1.75. The number of likely N-dealkylation sites (tertiary alicyclic amines) is 1. The lowest BCUT2D eigenvalue weighted by atomic mass is 9.92. The molecule has 20 heavy (non-hydrogen) atoms. The van der Waals surface area contributed by atoms with Crippen molar-refractivity contribution in [2.75, 3.05) is 0 Å². The van der Waals surface area contributed by atoms with Crippen LogP contribution in [0.2, 0.25) is 0 Å². The van der Waals surface area contributed by atoms with Crippen LogP contribution in [-0.4, -0.2) is 21.7 Å². The number of imide groups is 1.